The third-order valence-electron chi connectivity index (χ3n) is 3.64. The summed E-state index contributed by atoms with van der Waals surface area (Å²) in [5.41, 5.74) is 3.89. The first kappa shape index (κ1) is 16.2. The van der Waals surface area contributed by atoms with Gasteiger partial charge in [0.1, 0.15) is 0 Å². The lowest BCUT2D eigenvalue weighted by Gasteiger charge is -2.17. The highest BCUT2D eigenvalue weighted by Gasteiger charge is 2.12. The van der Waals surface area contributed by atoms with E-state index in [2.05, 4.69) is 10.6 Å². The van der Waals surface area contributed by atoms with Crippen molar-refractivity contribution in [2.45, 2.75) is 19.9 Å². The van der Waals surface area contributed by atoms with Crippen LogP contribution in [0, 0.1) is 13.8 Å². The number of hydrogen-bond acceptors (Lipinski definition) is 3. The molecule has 0 aliphatic heterocycles. The summed E-state index contributed by atoms with van der Waals surface area (Å²) in [6.45, 7) is 4.03. The number of nitrogens with one attached hydrogen (secondary N) is 2. The number of benzene rings is 2. The minimum atomic E-state index is -0.245. The molecule has 1 atom stereocenters. The predicted molar refractivity (Wildman–Crippen MR) is 88.8 cm³/mol. The van der Waals surface area contributed by atoms with Crippen molar-refractivity contribution in [1.82, 2.24) is 5.32 Å². The number of aryl methyl sites for hydroxylation is 2. The van der Waals surface area contributed by atoms with Gasteiger partial charge in [0, 0.05) is 5.69 Å². The van der Waals surface area contributed by atoms with E-state index in [0.717, 1.165) is 22.4 Å². The Hall–Kier alpha value is -2.17. The summed E-state index contributed by atoms with van der Waals surface area (Å²) in [4.78, 5) is 12.1. The van der Waals surface area contributed by atoms with E-state index in [9.17, 15) is 9.90 Å². The van der Waals surface area contributed by atoms with Gasteiger partial charge in [-0.2, -0.15) is 0 Å². The average molecular weight is 298 g/mol. The maximum Gasteiger partial charge on any atom is 0.238 e. The first-order chi connectivity index (χ1) is 10.6. The Labute approximate surface area is 131 Å². The fraction of sp³-hybridized carbons (Fsp3) is 0.278. The minimum Gasteiger partial charge on any atom is -0.394 e. The lowest BCUT2D eigenvalue weighted by molar-refractivity contribution is -0.115. The number of carbonyl (C=O) groups excluding carboxylic acids is 1. The summed E-state index contributed by atoms with van der Waals surface area (Å²) in [6, 6.07) is 15.3. The predicted octanol–water partition coefficient (Wildman–Crippen LogP) is 2.57. The van der Waals surface area contributed by atoms with Crippen LogP contribution in [-0.4, -0.2) is 24.2 Å². The van der Waals surface area contributed by atoms with Gasteiger partial charge in [-0.15, -0.1) is 0 Å². The highest BCUT2D eigenvalue weighted by molar-refractivity contribution is 5.93. The van der Waals surface area contributed by atoms with Gasteiger partial charge in [-0.05, 0) is 30.5 Å². The Morgan fingerprint density at radius 1 is 1.05 bits per heavy atom. The Morgan fingerprint density at radius 3 is 2.27 bits per heavy atom. The molecule has 0 saturated heterocycles. The molecule has 3 N–H and O–H groups in total. The van der Waals surface area contributed by atoms with E-state index in [1.807, 2.05) is 62.4 Å². The monoisotopic (exact) mass is 298 g/mol. The van der Waals surface area contributed by atoms with Crippen LogP contribution in [0.3, 0.4) is 0 Å². The van der Waals surface area contributed by atoms with E-state index >= 15 is 0 Å². The standard InChI is InChI=1S/C18H22N2O2/c1-13-7-6-8-14(2)18(13)20-17(22)11-19-16(12-21)15-9-4-3-5-10-15/h3-10,16,19,21H,11-12H2,1-2H3,(H,20,22). The van der Waals surface area contributed by atoms with Gasteiger partial charge in [0.05, 0.1) is 19.2 Å². The van der Waals surface area contributed by atoms with E-state index < -0.39 is 0 Å². The Kier molecular flexibility index (Phi) is 5.69. The molecule has 0 fully saturated rings. The summed E-state index contributed by atoms with van der Waals surface area (Å²) < 4.78 is 0. The minimum absolute atomic E-state index is 0.0549. The van der Waals surface area contributed by atoms with Gasteiger partial charge in [0.15, 0.2) is 0 Å². The normalized spacial score (nSPS) is 12.0. The smallest absolute Gasteiger partial charge is 0.238 e. The number of amides is 1. The molecule has 1 unspecified atom stereocenters. The molecule has 0 heterocycles. The molecule has 0 aliphatic rings. The van der Waals surface area contributed by atoms with Gasteiger partial charge in [0.25, 0.3) is 0 Å². The number of aliphatic hydroxyl groups excluding tert-OH is 1. The van der Waals surface area contributed by atoms with Crippen molar-refractivity contribution in [3.63, 3.8) is 0 Å². The second kappa shape index (κ2) is 7.73. The molecule has 1 amide bonds. The number of para-hydroxylation sites is 1. The number of anilines is 1. The average Bonchev–Trinajstić information content (AvgIpc) is 2.53. The van der Waals surface area contributed by atoms with E-state index in [1.54, 1.807) is 0 Å². The first-order valence-corrected chi connectivity index (χ1v) is 7.37. The zero-order valence-corrected chi connectivity index (χ0v) is 13.0. The van der Waals surface area contributed by atoms with Crippen LogP contribution in [0.4, 0.5) is 5.69 Å². The van der Waals surface area contributed by atoms with Crippen molar-refractivity contribution in [3.05, 3.63) is 65.2 Å². The maximum atomic E-state index is 12.1. The summed E-state index contributed by atoms with van der Waals surface area (Å²) in [5, 5.41) is 15.5. The molecular weight excluding hydrogens is 276 g/mol. The number of rotatable bonds is 6. The number of aliphatic hydroxyl groups is 1. The quantitative estimate of drug-likeness (QED) is 0.768. The second-order valence-corrected chi connectivity index (χ2v) is 5.34. The third-order valence-corrected chi connectivity index (χ3v) is 3.64. The topological polar surface area (TPSA) is 61.4 Å². The molecule has 0 aliphatic carbocycles. The van der Waals surface area contributed by atoms with Crippen molar-refractivity contribution < 1.29 is 9.90 Å². The van der Waals surface area contributed by atoms with Crippen molar-refractivity contribution in [1.29, 1.82) is 0 Å². The molecular formula is C18H22N2O2. The van der Waals surface area contributed by atoms with Crippen LogP contribution in [0.2, 0.25) is 0 Å². The van der Waals surface area contributed by atoms with Crippen LogP contribution < -0.4 is 10.6 Å². The Morgan fingerprint density at radius 2 is 1.68 bits per heavy atom. The van der Waals surface area contributed by atoms with Gasteiger partial charge in [-0.3, -0.25) is 10.1 Å². The lowest BCUT2D eigenvalue weighted by Crippen LogP contribution is -2.33. The van der Waals surface area contributed by atoms with Crippen LogP contribution in [0.5, 0.6) is 0 Å². The highest BCUT2D eigenvalue weighted by Crippen LogP contribution is 2.19. The number of hydrogen-bond donors (Lipinski definition) is 3. The number of carbonyl (C=O) groups is 1. The van der Waals surface area contributed by atoms with Gasteiger partial charge in [-0.1, -0.05) is 48.5 Å². The van der Waals surface area contributed by atoms with Crippen molar-refractivity contribution in [3.8, 4) is 0 Å². The van der Waals surface area contributed by atoms with Crippen molar-refractivity contribution in [2.24, 2.45) is 0 Å². The molecule has 0 bridgehead atoms. The zero-order chi connectivity index (χ0) is 15.9. The summed E-state index contributed by atoms with van der Waals surface area (Å²) in [7, 11) is 0. The van der Waals surface area contributed by atoms with Crippen molar-refractivity contribution in [2.75, 3.05) is 18.5 Å². The van der Waals surface area contributed by atoms with Gasteiger partial charge < -0.3 is 10.4 Å². The largest absolute Gasteiger partial charge is 0.394 e. The summed E-state index contributed by atoms with van der Waals surface area (Å²) >= 11 is 0. The fourth-order valence-corrected chi connectivity index (χ4v) is 2.38. The van der Waals surface area contributed by atoms with Crippen LogP contribution in [0.1, 0.15) is 22.7 Å². The third kappa shape index (κ3) is 4.16. The fourth-order valence-electron chi connectivity index (χ4n) is 2.38. The molecule has 0 spiro atoms. The van der Waals surface area contributed by atoms with E-state index in [1.165, 1.54) is 0 Å². The van der Waals surface area contributed by atoms with E-state index in [0.29, 0.717) is 0 Å². The summed E-state index contributed by atoms with van der Waals surface area (Å²) in [6.07, 6.45) is 0. The van der Waals surface area contributed by atoms with Crippen LogP contribution >= 0.6 is 0 Å². The molecule has 0 aromatic heterocycles. The van der Waals surface area contributed by atoms with Gasteiger partial charge >= 0.3 is 0 Å². The lowest BCUT2D eigenvalue weighted by atomic mass is 10.1. The first-order valence-electron chi connectivity index (χ1n) is 7.37. The van der Waals surface area contributed by atoms with Gasteiger partial charge in [-0.25, -0.2) is 0 Å². The Balaban J connectivity index is 1.95. The molecule has 4 nitrogen and oxygen atoms in total. The molecule has 4 heteroatoms. The zero-order valence-electron chi connectivity index (χ0n) is 13.0. The highest BCUT2D eigenvalue weighted by atomic mass is 16.3. The second-order valence-electron chi connectivity index (χ2n) is 5.34. The molecule has 0 saturated carbocycles. The van der Waals surface area contributed by atoms with Crippen LogP contribution in [0.15, 0.2) is 48.5 Å². The molecule has 22 heavy (non-hydrogen) atoms. The molecule has 2 rings (SSSR count). The van der Waals surface area contributed by atoms with Crippen molar-refractivity contribution >= 4 is 11.6 Å². The Bertz CT molecular complexity index is 606. The SMILES string of the molecule is Cc1cccc(C)c1NC(=O)CNC(CO)c1ccccc1. The van der Waals surface area contributed by atoms with Crippen LogP contribution in [0.25, 0.3) is 0 Å². The van der Waals surface area contributed by atoms with Gasteiger partial charge in [0.2, 0.25) is 5.91 Å². The van der Waals surface area contributed by atoms with E-state index in [4.69, 9.17) is 0 Å². The molecule has 2 aromatic rings. The maximum absolute atomic E-state index is 12.1. The van der Waals surface area contributed by atoms with E-state index in [-0.39, 0.29) is 25.1 Å². The molecule has 0 radical (unpaired) electrons. The molecule has 116 valence electrons. The summed E-state index contributed by atoms with van der Waals surface area (Å²) in [5.74, 6) is -0.119. The van der Waals surface area contributed by atoms with Crippen LogP contribution in [-0.2, 0) is 4.79 Å². The molecule has 2 aromatic carbocycles.